The van der Waals surface area contributed by atoms with Gasteiger partial charge >= 0.3 is 0 Å². The standard InChI is InChI=1S/C13H26N2O/c1-3-5-7-11(4-2)13(15-14)12-8-6-9-16-10-12/h10-11,13,15H,3-9,14H2,1-2H3. The Balaban J connectivity index is 2.58. The number of ether oxygens (including phenoxy) is 1. The summed E-state index contributed by atoms with van der Waals surface area (Å²) in [6.07, 6.45) is 9.12. The van der Waals surface area contributed by atoms with Gasteiger partial charge < -0.3 is 4.74 Å². The van der Waals surface area contributed by atoms with Gasteiger partial charge in [-0.1, -0.05) is 33.1 Å². The maximum Gasteiger partial charge on any atom is 0.0876 e. The Labute approximate surface area is 99.4 Å². The second-order valence-electron chi connectivity index (χ2n) is 4.62. The summed E-state index contributed by atoms with van der Waals surface area (Å²) < 4.78 is 5.41. The van der Waals surface area contributed by atoms with Crippen LogP contribution < -0.4 is 11.3 Å². The van der Waals surface area contributed by atoms with Crippen molar-refractivity contribution in [1.29, 1.82) is 0 Å². The fourth-order valence-corrected chi connectivity index (χ4v) is 2.43. The second kappa shape index (κ2) is 7.69. The molecule has 0 aromatic rings. The monoisotopic (exact) mass is 226 g/mol. The maximum absolute atomic E-state index is 5.71. The molecule has 0 amide bonds. The molecule has 3 N–H and O–H groups in total. The smallest absolute Gasteiger partial charge is 0.0876 e. The molecular weight excluding hydrogens is 200 g/mol. The molecule has 2 unspecified atom stereocenters. The number of nitrogens with two attached hydrogens (primary N) is 1. The Morgan fingerprint density at radius 1 is 1.50 bits per heavy atom. The lowest BCUT2D eigenvalue weighted by atomic mass is 9.85. The van der Waals surface area contributed by atoms with Crippen LogP contribution in [0.15, 0.2) is 11.8 Å². The van der Waals surface area contributed by atoms with Crippen LogP contribution in [-0.4, -0.2) is 12.6 Å². The summed E-state index contributed by atoms with van der Waals surface area (Å²) >= 11 is 0. The van der Waals surface area contributed by atoms with Gasteiger partial charge in [0.25, 0.3) is 0 Å². The van der Waals surface area contributed by atoms with Crippen LogP contribution >= 0.6 is 0 Å². The molecule has 3 heteroatoms. The summed E-state index contributed by atoms with van der Waals surface area (Å²) in [7, 11) is 0. The molecule has 1 aliphatic rings. The lowest BCUT2D eigenvalue weighted by molar-refractivity contribution is 0.211. The van der Waals surface area contributed by atoms with E-state index in [4.69, 9.17) is 10.6 Å². The van der Waals surface area contributed by atoms with Crippen LogP contribution in [0, 0.1) is 5.92 Å². The highest BCUT2D eigenvalue weighted by molar-refractivity contribution is 5.11. The third-order valence-electron chi connectivity index (χ3n) is 3.47. The van der Waals surface area contributed by atoms with E-state index in [1.54, 1.807) is 0 Å². The molecule has 3 nitrogen and oxygen atoms in total. The minimum Gasteiger partial charge on any atom is -0.501 e. The summed E-state index contributed by atoms with van der Waals surface area (Å²) in [5.74, 6) is 6.34. The molecule has 0 aliphatic carbocycles. The van der Waals surface area contributed by atoms with Gasteiger partial charge in [0.2, 0.25) is 0 Å². The number of nitrogens with one attached hydrogen (secondary N) is 1. The van der Waals surface area contributed by atoms with Crippen molar-refractivity contribution >= 4 is 0 Å². The zero-order valence-electron chi connectivity index (χ0n) is 10.7. The molecule has 1 rings (SSSR count). The summed E-state index contributed by atoms with van der Waals surface area (Å²) in [4.78, 5) is 0. The molecule has 16 heavy (non-hydrogen) atoms. The second-order valence-corrected chi connectivity index (χ2v) is 4.62. The zero-order valence-corrected chi connectivity index (χ0v) is 10.7. The molecule has 0 saturated carbocycles. The van der Waals surface area contributed by atoms with Crippen molar-refractivity contribution in [2.75, 3.05) is 6.61 Å². The van der Waals surface area contributed by atoms with Crippen molar-refractivity contribution in [3.8, 4) is 0 Å². The maximum atomic E-state index is 5.71. The SMILES string of the molecule is CCCCC(CC)C(NN)C1=COCCC1. The van der Waals surface area contributed by atoms with E-state index >= 15 is 0 Å². The third kappa shape index (κ3) is 3.80. The molecule has 0 fully saturated rings. The van der Waals surface area contributed by atoms with E-state index in [2.05, 4.69) is 19.3 Å². The number of hydrazine groups is 1. The van der Waals surface area contributed by atoms with Crippen LogP contribution in [0.1, 0.15) is 52.4 Å². The summed E-state index contributed by atoms with van der Waals surface area (Å²) in [5.41, 5.74) is 4.33. The summed E-state index contributed by atoms with van der Waals surface area (Å²) in [6.45, 7) is 5.34. The molecule has 0 radical (unpaired) electrons. The highest BCUT2D eigenvalue weighted by atomic mass is 16.5. The van der Waals surface area contributed by atoms with E-state index in [-0.39, 0.29) is 0 Å². The Bertz CT molecular complexity index is 216. The first kappa shape index (κ1) is 13.5. The number of hydrogen-bond donors (Lipinski definition) is 2. The van der Waals surface area contributed by atoms with Gasteiger partial charge in [0.1, 0.15) is 0 Å². The Morgan fingerprint density at radius 3 is 2.81 bits per heavy atom. The van der Waals surface area contributed by atoms with Gasteiger partial charge in [-0.3, -0.25) is 11.3 Å². The van der Waals surface area contributed by atoms with Gasteiger partial charge in [0.15, 0.2) is 0 Å². The Kier molecular flexibility index (Phi) is 6.50. The van der Waals surface area contributed by atoms with E-state index < -0.39 is 0 Å². The van der Waals surface area contributed by atoms with Gasteiger partial charge in [-0.25, -0.2) is 0 Å². The van der Waals surface area contributed by atoms with Crippen molar-refractivity contribution < 1.29 is 4.74 Å². The average Bonchev–Trinajstić information content (AvgIpc) is 2.35. The molecule has 94 valence electrons. The molecule has 0 aromatic carbocycles. The fourth-order valence-electron chi connectivity index (χ4n) is 2.43. The normalized spacial score (nSPS) is 19.8. The van der Waals surface area contributed by atoms with Crippen molar-refractivity contribution in [3.63, 3.8) is 0 Å². The lowest BCUT2D eigenvalue weighted by Crippen LogP contribution is -2.42. The van der Waals surface area contributed by atoms with Crippen LogP contribution in [0.2, 0.25) is 0 Å². The lowest BCUT2D eigenvalue weighted by Gasteiger charge is -2.29. The topological polar surface area (TPSA) is 47.3 Å². The van der Waals surface area contributed by atoms with Crippen molar-refractivity contribution in [3.05, 3.63) is 11.8 Å². The van der Waals surface area contributed by atoms with E-state index in [9.17, 15) is 0 Å². The molecular formula is C13H26N2O. The Hall–Kier alpha value is -0.540. The van der Waals surface area contributed by atoms with Crippen LogP contribution in [0.4, 0.5) is 0 Å². The zero-order chi connectivity index (χ0) is 11.8. The highest BCUT2D eigenvalue weighted by Crippen LogP contribution is 2.26. The molecule has 2 atom stereocenters. The van der Waals surface area contributed by atoms with E-state index in [1.165, 1.54) is 31.3 Å². The average molecular weight is 226 g/mol. The molecule has 0 bridgehead atoms. The predicted octanol–water partition coefficient (Wildman–Crippen LogP) is 2.73. The van der Waals surface area contributed by atoms with Crippen LogP contribution in [0.3, 0.4) is 0 Å². The third-order valence-corrected chi connectivity index (χ3v) is 3.47. The molecule has 1 heterocycles. The molecule has 0 aromatic heterocycles. The molecule has 1 aliphatic heterocycles. The number of unbranched alkanes of at least 4 members (excludes halogenated alkanes) is 1. The number of rotatable bonds is 7. The minimum atomic E-state index is 0.303. The van der Waals surface area contributed by atoms with Crippen LogP contribution in [0.5, 0.6) is 0 Å². The Morgan fingerprint density at radius 2 is 2.31 bits per heavy atom. The van der Waals surface area contributed by atoms with Crippen molar-refractivity contribution in [1.82, 2.24) is 5.43 Å². The largest absolute Gasteiger partial charge is 0.501 e. The van der Waals surface area contributed by atoms with Crippen LogP contribution in [-0.2, 0) is 4.74 Å². The first-order valence-electron chi connectivity index (χ1n) is 6.60. The first-order valence-corrected chi connectivity index (χ1v) is 6.60. The summed E-state index contributed by atoms with van der Waals surface area (Å²) in [6, 6.07) is 0.303. The van der Waals surface area contributed by atoms with E-state index in [1.807, 2.05) is 6.26 Å². The highest BCUT2D eigenvalue weighted by Gasteiger charge is 2.23. The van der Waals surface area contributed by atoms with Gasteiger partial charge in [0.05, 0.1) is 12.9 Å². The molecule has 0 saturated heterocycles. The van der Waals surface area contributed by atoms with Crippen molar-refractivity contribution in [2.45, 2.75) is 58.4 Å². The van der Waals surface area contributed by atoms with Gasteiger partial charge in [-0.2, -0.15) is 0 Å². The van der Waals surface area contributed by atoms with Crippen molar-refractivity contribution in [2.24, 2.45) is 11.8 Å². The fraction of sp³-hybridized carbons (Fsp3) is 0.846. The predicted molar refractivity (Wildman–Crippen MR) is 67.7 cm³/mol. The van der Waals surface area contributed by atoms with E-state index in [0.29, 0.717) is 12.0 Å². The summed E-state index contributed by atoms with van der Waals surface area (Å²) in [5, 5.41) is 0. The van der Waals surface area contributed by atoms with Gasteiger partial charge in [-0.15, -0.1) is 0 Å². The van der Waals surface area contributed by atoms with E-state index in [0.717, 1.165) is 19.4 Å². The van der Waals surface area contributed by atoms with Crippen LogP contribution in [0.25, 0.3) is 0 Å². The number of hydrogen-bond acceptors (Lipinski definition) is 3. The van der Waals surface area contributed by atoms with Gasteiger partial charge in [0, 0.05) is 6.04 Å². The minimum absolute atomic E-state index is 0.303. The molecule has 0 spiro atoms. The quantitative estimate of drug-likeness (QED) is 0.518. The van der Waals surface area contributed by atoms with Gasteiger partial charge in [-0.05, 0) is 30.8 Å². The first-order chi connectivity index (χ1) is 7.83.